The second-order valence-corrected chi connectivity index (χ2v) is 6.68. The number of amides is 1. The Morgan fingerprint density at radius 3 is 2.71 bits per heavy atom. The van der Waals surface area contributed by atoms with Gasteiger partial charge in [0.1, 0.15) is 4.90 Å². The average Bonchev–Trinajstić information content (AvgIpc) is 2.79. The Labute approximate surface area is 127 Å². The molecule has 0 aliphatic rings. The van der Waals surface area contributed by atoms with Gasteiger partial charge in [-0.3, -0.25) is 9.89 Å². The van der Waals surface area contributed by atoms with E-state index >= 15 is 0 Å². The number of nitrogens with zero attached hydrogens (tertiary/aromatic N) is 1. The number of ether oxygens (including phenoxy) is 2. The van der Waals surface area contributed by atoms with Gasteiger partial charge in [-0.1, -0.05) is 0 Å². The van der Waals surface area contributed by atoms with Crippen LogP contribution in [0.15, 0.2) is 4.90 Å². The van der Waals surface area contributed by atoms with Crippen molar-refractivity contribution in [3.8, 4) is 0 Å². The van der Waals surface area contributed by atoms with Gasteiger partial charge in [0, 0.05) is 30.9 Å². The molecule has 1 amide bonds. The lowest BCUT2D eigenvalue weighted by Crippen LogP contribution is -2.27. The van der Waals surface area contributed by atoms with Crippen LogP contribution in [0.4, 0.5) is 0 Å². The van der Waals surface area contributed by atoms with Crippen molar-refractivity contribution in [1.82, 2.24) is 15.5 Å². The molecule has 0 aliphatic carbocycles. The number of aromatic amines is 1. The van der Waals surface area contributed by atoms with Gasteiger partial charge in [-0.2, -0.15) is 5.10 Å². The van der Waals surface area contributed by atoms with Crippen LogP contribution in [0, 0.1) is 6.92 Å². The van der Waals surface area contributed by atoms with E-state index in [-0.39, 0.29) is 16.3 Å². The summed E-state index contributed by atoms with van der Waals surface area (Å²) in [6.07, 6.45) is 0.585. The number of carbonyl (C=O) groups is 1. The van der Waals surface area contributed by atoms with E-state index in [0.717, 1.165) is 0 Å². The SMILES string of the molecule is COCCOCCCNC(=O)c1n[nH]c(C)c1S(=O)(=O)Cl. The van der Waals surface area contributed by atoms with Crippen molar-refractivity contribution in [3.63, 3.8) is 0 Å². The number of hydrogen-bond acceptors (Lipinski definition) is 6. The summed E-state index contributed by atoms with van der Waals surface area (Å²) in [5.74, 6) is -0.601. The molecule has 0 radical (unpaired) electrons. The highest BCUT2D eigenvalue weighted by Crippen LogP contribution is 2.21. The molecule has 0 fully saturated rings. The second kappa shape index (κ2) is 8.32. The van der Waals surface area contributed by atoms with E-state index in [1.807, 2.05) is 0 Å². The molecule has 0 saturated carbocycles. The molecular weight excluding hydrogens is 322 g/mol. The Morgan fingerprint density at radius 1 is 1.38 bits per heavy atom. The van der Waals surface area contributed by atoms with E-state index < -0.39 is 15.0 Å². The molecule has 0 atom stereocenters. The number of rotatable bonds is 9. The van der Waals surface area contributed by atoms with Crippen molar-refractivity contribution in [2.24, 2.45) is 0 Å². The van der Waals surface area contributed by atoms with Crippen molar-refractivity contribution in [3.05, 3.63) is 11.4 Å². The van der Waals surface area contributed by atoms with Gasteiger partial charge in [-0.25, -0.2) is 8.42 Å². The van der Waals surface area contributed by atoms with E-state index in [9.17, 15) is 13.2 Å². The largest absolute Gasteiger partial charge is 0.382 e. The first-order valence-corrected chi connectivity index (χ1v) is 8.53. The molecule has 0 aliphatic heterocycles. The molecule has 1 aromatic rings. The molecule has 1 rings (SSSR count). The Bertz CT molecular complexity index is 572. The fraction of sp³-hybridized carbons (Fsp3) is 0.636. The van der Waals surface area contributed by atoms with Crippen LogP contribution in [0.3, 0.4) is 0 Å². The lowest BCUT2D eigenvalue weighted by Gasteiger charge is -2.05. The van der Waals surface area contributed by atoms with Gasteiger partial charge in [0.25, 0.3) is 15.0 Å². The maximum Gasteiger partial charge on any atom is 0.273 e. The summed E-state index contributed by atoms with van der Waals surface area (Å²) in [6.45, 7) is 3.26. The van der Waals surface area contributed by atoms with E-state index in [0.29, 0.717) is 32.8 Å². The second-order valence-electron chi connectivity index (χ2n) is 4.18. The summed E-state index contributed by atoms with van der Waals surface area (Å²) >= 11 is 0. The van der Waals surface area contributed by atoms with Crippen LogP contribution in [-0.4, -0.2) is 58.0 Å². The molecule has 0 aromatic carbocycles. The fourth-order valence-electron chi connectivity index (χ4n) is 1.58. The number of halogens is 1. The van der Waals surface area contributed by atoms with E-state index in [1.54, 1.807) is 7.11 Å². The summed E-state index contributed by atoms with van der Waals surface area (Å²) in [5, 5.41) is 8.67. The first-order chi connectivity index (χ1) is 9.88. The number of carbonyl (C=O) groups excluding carboxylic acids is 1. The molecule has 0 spiro atoms. The summed E-state index contributed by atoms with van der Waals surface area (Å²) in [5.41, 5.74) is -0.0131. The van der Waals surface area contributed by atoms with Gasteiger partial charge in [0.2, 0.25) is 0 Å². The van der Waals surface area contributed by atoms with Crippen molar-refractivity contribution < 1.29 is 22.7 Å². The monoisotopic (exact) mass is 339 g/mol. The normalized spacial score (nSPS) is 11.6. The third-order valence-electron chi connectivity index (χ3n) is 2.53. The Balaban J connectivity index is 2.47. The highest BCUT2D eigenvalue weighted by molar-refractivity contribution is 8.13. The quantitative estimate of drug-likeness (QED) is 0.498. The van der Waals surface area contributed by atoms with Crippen LogP contribution < -0.4 is 5.32 Å². The van der Waals surface area contributed by atoms with Crippen molar-refractivity contribution >= 4 is 25.6 Å². The number of nitrogens with one attached hydrogen (secondary N) is 2. The van der Waals surface area contributed by atoms with Crippen molar-refractivity contribution in [2.45, 2.75) is 18.2 Å². The smallest absolute Gasteiger partial charge is 0.273 e. The number of aryl methyl sites for hydroxylation is 1. The standard InChI is InChI=1S/C11H18ClN3O5S/c1-8-10(21(12,17)18)9(15-14-8)11(16)13-4-3-5-20-7-6-19-2/h3-7H2,1-2H3,(H,13,16)(H,14,15). The van der Waals surface area contributed by atoms with Gasteiger partial charge < -0.3 is 14.8 Å². The summed E-state index contributed by atoms with van der Waals surface area (Å²) in [6, 6.07) is 0. The molecule has 120 valence electrons. The predicted octanol–water partition coefficient (Wildman–Crippen LogP) is 0.429. The molecule has 8 nitrogen and oxygen atoms in total. The number of methoxy groups -OCH3 is 1. The predicted molar refractivity (Wildman–Crippen MR) is 76.0 cm³/mol. The minimum atomic E-state index is -4.03. The Hall–Kier alpha value is -1.16. The molecule has 10 heteroatoms. The highest BCUT2D eigenvalue weighted by atomic mass is 35.7. The lowest BCUT2D eigenvalue weighted by molar-refractivity contribution is 0.0688. The van der Waals surface area contributed by atoms with Crippen LogP contribution in [0.25, 0.3) is 0 Å². The van der Waals surface area contributed by atoms with Crippen LogP contribution in [0.2, 0.25) is 0 Å². The molecule has 1 aromatic heterocycles. The molecule has 0 saturated heterocycles. The third kappa shape index (κ3) is 5.62. The van der Waals surface area contributed by atoms with Gasteiger partial charge in [-0.05, 0) is 13.3 Å². The van der Waals surface area contributed by atoms with Gasteiger partial charge in [-0.15, -0.1) is 0 Å². The Kier molecular flexibility index (Phi) is 7.09. The average molecular weight is 340 g/mol. The zero-order valence-electron chi connectivity index (χ0n) is 11.8. The maximum absolute atomic E-state index is 11.9. The van der Waals surface area contributed by atoms with Crippen LogP contribution in [-0.2, 0) is 18.5 Å². The van der Waals surface area contributed by atoms with Crippen LogP contribution in [0.1, 0.15) is 22.6 Å². The summed E-state index contributed by atoms with van der Waals surface area (Å²) in [7, 11) is 2.84. The molecule has 2 N–H and O–H groups in total. The van der Waals surface area contributed by atoms with Gasteiger partial charge >= 0.3 is 0 Å². The Morgan fingerprint density at radius 2 is 2.10 bits per heavy atom. The minimum absolute atomic E-state index is 0.220. The summed E-state index contributed by atoms with van der Waals surface area (Å²) in [4.78, 5) is 11.6. The topological polar surface area (TPSA) is 110 Å². The molecule has 0 unspecified atom stereocenters. The fourth-order valence-corrected chi connectivity index (χ4v) is 2.92. The van der Waals surface area contributed by atoms with E-state index in [2.05, 4.69) is 15.5 Å². The zero-order chi connectivity index (χ0) is 15.9. The van der Waals surface area contributed by atoms with Crippen LogP contribution >= 0.6 is 10.7 Å². The van der Waals surface area contributed by atoms with E-state index in [4.69, 9.17) is 20.2 Å². The minimum Gasteiger partial charge on any atom is -0.382 e. The molecule has 1 heterocycles. The highest BCUT2D eigenvalue weighted by Gasteiger charge is 2.26. The first-order valence-electron chi connectivity index (χ1n) is 6.22. The maximum atomic E-state index is 11.9. The zero-order valence-corrected chi connectivity index (χ0v) is 13.4. The van der Waals surface area contributed by atoms with Crippen molar-refractivity contribution in [2.75, 3.05) is 33.5 Å². The molecular formula is C11H18ClN3O5S. The lowest BCUT2D eigenvalue weighted by atomic mass is 10.3. The third-order valence-corrected chi connectivity index (χ3v) is 3.98. The number of hydrogen-bond donors (Lipinski definition) is 2. The van der Waals surface area contributed by atoms with Crippen molar-refractivity contribution in [1.29, 1.82) is 0 Å². The number of aromatic nitrogens is 2. The number of H-pyrrole nitrogens is 1. The van der Waals surface area contributed by atoms with Gasteiger partial charge in [0.05, 0.1) is 18.9 Å². The van der Waals surface area contributed by atoms with Crippen LogP contribution in [0.5, 0.6) is 0 Å². The van der Waals surface area contributed by atoms with E-state index in [1.165, 1.54) is 6.92 Å². The first kappa shape index (κ1) is 17.9. The van der Waals surface area contributed by atoms with Gasteiger partial charge in [0.15, 0.2) is 5.69 Å². The summed E-state index contributed by atoms with van der Waals surface area (Å²) < 4.78 is 32.9. The molecule has 21 heavy (non-hydrogen) atoms. The molecule has 0 bridgehead atoms.